The Kier molecular flexibility index (Phi) is 6.13. The van der Waals surface area contributed by atoms with Gasteiger partial charge in [-0.1, -0.05) is 49.0 Å². The van der Waals surface area contributed by atoms with Gasteiger partial charge in [-0.05, 0) is 44.1 Å². The van der Waals surface area contributed by atoms with Crippen LogP contribution in [0.3, 0.4) is 0 Å². The number of hydrogen-bond donors (Lipinski definition) is 1. The summed E-state index contributed by atoms with van der Waals surface area (Å²) < 4.78 is 2.07. The zero-order valence-electron chi connectivity index (χ0n) is 14.9. The summed E-state index contributed by atoms with van der Waals surface area (Å²) in [6.07, 6.45) is 4.62. The Bertz CT molecular complexity index is 693. The largest absolute Gasteiger partial charge is 0.353 e. The highest BCUT2D eigenvalue weighted by Gasteiger charge is 2.20. The first kappa shape index (κ1) is 18.0. The number of benzene rings is 1. The third-order valence-electron chi connectivity index (χ3n) is 4.80. The standard InChI is InChI=1S/C19H26N4OS/c1-14-8-10-17(11-9-14)20-18(24)13-25-19-22-21-15(2)23(19)12-16-6-4-3-5-7-16/h3-7,14,17H,8-13H2,1-2H3,(H,20,24). The number of aryl methyl sites for hydroxylation is 1. The fourth-order valence-electron chi connectivity index (χ4n) is 3.22. The highest BCUT2D eigenvalue weighted by atomic mass is 32.2. The number of thioether (sulfide) groups is 1. The van der Waals surface area contributed by atoms with Crippen LogP contribution >= 0.6 is 11.8 Å². The molecule has 1 aromatic heterocycles. The van der Waals surface area contributed by atoms with Crippen molar-refractivity contribution in [2.24, 2.45) is 5.92 Å². The minimum atomic E-state index is 0.0940. The van der Waals surface area contributed by atoms with Crippen LogP contribution in [0, 0.1) is 12.8 Å². The van der Waals surface area contributed by atoms with Gasteiger partial charge >= 0.3 is 0 Å². The van der Waals surface area contributed by atoms with Gasteiger partial charge in [-0.15, -0.1) is 10.2 Å². The highest BCUT2D eigenvalue weighted by molar-refractivity contribution is 7.99. The van der Waals surface area contributed by atoms with E-state index in [0.29, 0.717) is 11.8 Å². The van der Waals surface area contributed by atoms with Gasteiger partial charge in [-0.25, -0.2) is 0 Å². The number of nitrogens with one attached hydrogen (secondary N) is 1. The molecule has 1 fully saturated rings. The third kappa shape index (κ3) is 5.08. The van der Waals surface area contributed by atoms with Gasteiger partial charge in [0.05, 0.1) is 12.3 Å². The average Bonchev–Trinajstić information content (AvgIpc) is 2.96. The Morgan fingerprint density at radius 1 is 1.20 bits per heavy atom. The SMILES string of the molecule is Cc1nnc(SCC(=O)NC2CCC(C)CC2)n1Cc1ccccc1. The Morgan fingerprint density at radius 3 is 2.64 bits per heavy atom. The van der Waals surface area contributed by atoms with Crippen LogP contribution in [0.25, 0.3) is 0 Å². The maximum atomic E-state index is 12.3. The molecular weight excluding hydrogens is 332 g/mol. The van der Waals surface area contributed by atoms with E-state index in [2.05, 4.69) is 39.1 Å². The molecular formula is C19H26N4OS. The number of aromatic nitrogens is 3. The number of carbonyl (C=O) groups excluding carboxylic acids is 1. The zero-order valence-corrected chi connectivity index (χ0v) is 15.8. The van der Waals surface area contributed by atoms with E-state index in [4.69, 9.17) is 0 Å². The lowest BCUT2D eigenvalue weighted by molar-refractivity contribution is -0.119. The molecule has 1 aromatic carbocycles. The monoisotopic (exact) mass is 358 g/mol. The second-order valence-electron chi connectivity index (χ2n) is 6.91. The van der Waals surface area contributed by atoms with Crippen LogP contribution in [0.15, 0.2) is 35.5 Å². The Labute approximate surface area is 153 Å². The second-order valence-corrected chi connectivity index (χ2v) is 7.86. The molecule has 0 aliphatic heterocycles. The molecule has 0 saturated heterocycles. The lowest BCUT2D eigenvalue weighted by atomic mass is 9.87. The molecule has 1 heterocycles. The van der Waals surface area contributed by atoms with Crippen molar-refractivity contribution in [1.82, 2.24) is 20.1 Å². The minimum absolute atomic E-state index is 0.0940. The lowest BCUT2D eigenvalue weighted by Crippen LogP contribution is -2.38. The molecule has 2 aromatic rings. The van der Waals surface area contributed by atoms with E-state index in [1.54, 1.807) is 0 Å². The number of amides is 1. The lowest BCUT2D eigenvalue weighted by Gasteiger charge is -2.26. The van der Waals surface area contributed by atoms with Gasteiger partial charge < -0.3 is 9.88 Å². The highest BCUT2D eigenvalue weighted by Crippen LogP contribution is 2.24. The van der Waals surface area contributed by atoms with Gasteiger partial charge in [-0.2, -0.15) is 0 Å². The molecule has 1 amide bonds. The van der Waals surface area contributed by atoms with E-state index in [-0.39, 0.29) is 5.91 Å². The van der Waals surface area contributed by atoms with Crippen LogP contribution in [0.2, 0.25) is 0 Å². The molecule has 0 spiro atoms. The van der Waals surface area contributed by atoms with Crippen molar-refractivity contribution in [3.05, 3.63) is 41.7 Å². The summed E-state index contributed by atoms with van der Waals surface area (Å²) in [6.45, 7) is 4.96. The van der Waals surface area contributed by atoms with Crippen LogP contribution in [0.1, 0.15) is 44.0 Å². The maximum absolute atomic E-state index is 12.3. The van der Waals surface area contributed by atoms with Crippen LogP contribution in [0.4, 0.5) is 0 Å². The predicted octanol–water partition coefficient (Wildman–Crippen LogP) is 3.42. The molecule has 1 saturated carbocycles. The fraction of sp³-hybridized carbons (Fsp3) is 0.526. The van der Waals surface area contributed by atoms with Crippen LogP contribution in [-0.4, -0.2) is 32.5 Å². The number of carbonyl (C=O) groups is 1. The molecule has 0 unspecified atom stereocenters. The summed E-state index contributed by atoms with van der Waals surface area (Å²) in [5.74, 6) is 2.14. The predicted molar refractivity (Wildman–Crippen MR) is 101 cm³/mol. The normalized spacial score (nSPS) is 20.4. The van der Waals surface area contributed by atoms with Crippen molar-refractivity contribution < 1.29 is 4.79 Å². The van der Waals surface area contributed by atoms with Crippen molar-refractivity contribution in [1.29, 1.82) is 0 Å². The molecule has 0 radical (unpaired) electrons. The van der Waals surface area contributed by atoms with Crippen molar-refractivity contribution in [2.45, 2.75) is 57.3 Å². The zero-order chi connectivity index (χ0) is 17.6. The number of nitrogens with zero attached hydrogens (tertiary/aromatic N) is 3. The molecule has 0 atom stereocenters. The van der Waals surface area contributed by atoms with E-state index < -0.39 is 0 Å². The van der Waals surface area contributed by atoms with Crippen molar-refractivity contribution in [2.75, 3.05) is 5.75 Å². The first-order chi connectivity index (χ1) is 12.1. The van der Waals surface area contributed by atoms with Crippen molar-refractivity contribution in [3.8, 4) is 0 Å². The van der Waals surface area contributed by atoms with E-state index >= 15 is 0 Å². The van der Waals surface area contributed by atoms with Crippen molar-refractivity contribution in [3.63, 3.8) is 0 Å². The molecule has 1 aliphatic rings. The molecule has 25 heavy (non-hydrogen) atoms. The molecule has 1 aliphatic carbocycles. The molecule has 6 heteroatoms. The first-order valence-corrected chi connectivity index (χ1v) is 9.96. The minimum Gasteiger partial charge on any atom is -0.353 e. The summed E-state index contributed by atoms with van der Waals surface area (Å²) in [6, 6.07) is 10.6. The molecule has 3 rings (SSSR count). The van der Waals surface area contributed by atoms with Crippen LogP contribution in [0.5, 0.6) is 0 Å². The topological polar surface area (TPSA) is 59.8 Å². The van der Waals surface area contributed by atoms with E-state index in [0.717, 1.165) is 36.3 Å². The maximum Gasteiger partial charge on any atom is 0.230 e. The van der Waals surface area contributed by atoms with E-state index in [1.807, 2.05) is 25.1 Å². The number of rotatable bonds is 6. The molecule has 134 valence electrons. The summed E-state index contributed by atoms with van der Waals surface area (Å²) in [4.78, 5) is 12.3. The Balaban J connectivity index is 1.54. The Morgan fingerprint density at radius 2 is 1.92 bits per heavy atom. The number of hydrogen-bond acceptors (Lipinski definition) is 4. The van der Waals surface area contributed by atoms with Gasteiger partial charge in [0.15, 0.2) is 5.16 Å². The molecule has 5 nitrogen and oxygen atoms in total. The summed E-state index contributed by atoms with van der Waals surface area (Å²) in [5.41, 5.74) is 1.20. The van der Waals surface area contributed by atoms with Crippen LogP contribution < -0.4 is 5.32 Å². The Hall–Kier alpha value is -1.82. The van der Waals surface area contributed by atoms with Crippen LogP contribution in [-0.2, 0) is 11.3 Å². The average molecular weight is 359 g/mol. The van der Waals surface area contributed by atoms with Gasteiger partial charge in [0, 0.05) is 6.04 Å². The second kappa shape index (κ2) is 8.52. The smallest absolute Gasteiger partial charge is 0.230 e. The van der Waals surface area contributed by atoms with Crippen molar-refractivity contribution >= 4 is 17.7 Å². The fourth-order valence-corrected chi connectivity index (χ4v) is 4.01. The van der Waals surface area contributed by atoms with Gasteiger partial charge in [0.1, 0.15) is 5.82 Å². The van der Waals surface area contributed by atoms with Gasteiger partial charge in [0.25, 0.3) is 0 Å². The van der Waals surface area contributed by atoms with E-state index in [1.165, 1.54) is 30.2 Å². The third-order valence-corrected chi connectivity index (χ3v) is 5.77. The quantitative estimate of drug-likeness (QED) is 0.804. The molecule has 1 N–H and O–H groups in total. The van der Waals surface area contributed by atoms with Gasteiger partial charge in [-0.3, -0.25) is 4.79 Å². The summed E-state index contributed by atoms with van der Waals surface area (Å²) in [5, 5.41) is 12.4. The molecule has 0 bridgehead atoms. The summed E-state index contributed by atoms with van der Waals surface area (Å²) >= 11 is 1.46. The van der Waals surface area contributed by atoms with Gasteiger partial charge in [0.2, 0.25) is 5.91 Å². The van der Waals surface area contributed by atoms with E-state index in [9.17, 15) is 4.79 Å². The first-order valence-electron chi connectivity index (χ1n) is 8.97. The summed E-state index contributed by atoms with van der Waals surface area (Å²) in [7, 11) is 0.